The molecule has 112 valence electrons. The summed E-state index contributed by atoms with van der Waals surface area (Å²) in [7, 11) is 0. The number of H-pyrrole nitrogens is 1. The summed E-state index contributed by atoms with van der Waals surface area (Å²) in [4.78, 5) is 20.8. The number of aromatic amines is 1. The molecule has 1 aliphatic rings. The number of anilines is 1. The van der Waals surface area contributed by atoms with Crippen LogP contribution in [-0.2, 0) is 6.42 Å². The van der Waals surface area contributed by atoms with Gasteiger partial charge in [0, 0.05) is 57.4 Å². The summed E-state index contributed by atoms with van der Waals surface area (Å²) < 4.78 is 0. The van der Waals surface area contributed by atoms with E-state index in [0.29, 0.717) is 0 Å². The third-order valence-corrected chi connectivity index (χ3v) is 3.90. The first kappa shape index (κ1) is 14.0. The molecule has 0 aliphatic carbocycles. The van der Waals surface area contributed by atoms with E-state index in [0.717, 1.165) is 44.4 Å². The molecule has 21 heavy (non-hydrogen) atoms. The van der Waals surface area contributed by atoms with Crippen LogP contribution in [0.25, 0.3) is 0 Å². The molecule has 1 fully saturated rings. The Morgan fingerprint density at radius 1 is 0.952 bits per heavy atom. The predicted octanol–water partition coefficient (Wildman–Crippen LogP) is 1.34. The normalized spacial score (nSPS) is 16.3. The van der Waals surface area contributed by atoms with Gasteiger partial charge in [-0.2, -0.15) is 0 Å². The molecular formula is C15H22N6. The average Bonchev–Trinajstić information content (AvgIpc) is 3.06. The summed E-state index contributed by atoms with van der Waals surface area (Å²) in [6.07, 6.45) is 10.8. The van der Waals surface area contributed by atoms with Gasteiger partial charge >= 0.3 is 0 Å². The number of rotatable bonds is 6. The van der Waals surface area contributed by atoms with Crippen LogP contribution in [0, 0.1) is 0 Å². The van der Waals surface area contributed by atoms with E-state index < -0.39 is 0 Å². The number of piperazine rings is 1. The Morgan fingerprint density at radius 3 is 2.48 bits per heavy atom. The number of aromatic nitrogens is 4. The van der Waals surface area contributed by atoms with Crippen LogP contribution >= 0.6 is 0 Å². The highest BCUT2D eigenvalue weighted by atomic mass is 15.3. The van der Waals surface area contributed by atoms with E-state index in [4.69, 9.17) is 0 Å². The predicted molar refractivity (Wildman–Crippen MR) is 82.2 cm³/mol. The second kappa shape index (κ2) is 7.17. The highest BCUT2D eigenvalue weighted by Crippen LogP contribution is 2.10. The number of nitrogens with one attached hydrogen (secondary N) is 1. The van der Waals surface area contributed by atoms with E-state index in [1.54, 1.807) is 0 Å². The van der Waals surface area contributed by atoms with Gasteiger partial charge in [-0.15, -0.1) is 0 Å². The van der Waals surface area contributed by atoms with Gasteiger partial charge < -0.3 is 9.88 Å². The highest BCUT2D eigenvalue weighted by Gasteiger charge is 2.17. The van der Waals surface area contributed by atoms with E-state index in [9.17, 15) is 0 Å². The van der Waals surface area contributed by atoms with Crippen LogP contribution in [0.15, 0.2) is 30.9 Å². The average molecular weight is 286 g/mol. The third kappa shape index (κ3) is 4.01. The number of unbranched alkanes of at least 4 members (excludes halogenated alkanes) is 1. The van der Waals surface area contributed by atoms with Gasteiger partial charge in [0.15, 0.2) is 0 Å². The molecule has 2 aromatic rings. The van der Waals surface area contributed by atoms with Gasteiger partial charge in [0.1, 0.15) is 5.82 Å². The van der Waals surface area contributed by atoms with Gasteiger partial charge in [0.25, 0.3) is 0 Å². The quantitative estimate of drug-likeness (QED) is 0.812. The molecule has 0 unspecified atom stereocenters. The summed E-state index contributed by atoms with van der Waals surface area (Å²) in [5.41, 5.74) is 0. The van der Waals surface area contributed by atoms with Gasteiger partial charge in [-0.3, -0.25) is 4.90 Å². The minimum absolute atomic E-state index is 0.856. The van der Waals surface area contributed by atoms with Crippen molar-refractivity contribution in [1.82, 2.24) is 24.8 Å². The lowest BCUT2D eigenvalue weighted by atomic mass is 10.2. The van der Waals surface area contributed by atoms with Gasteiger partial charge in [0.05, 0.1) is 0 Å². The lowest BCUT2D eigenvalue weighted by molar-refractivity contribution is 0.251. The monoisotopic (exact) mass is 286 g/mol. The zero-order valence-corrected chi connectivity index (χ0v) is 12.3. The topological polar surface area (TPSA) is 60.9 Å². The van der Waals surface area contributed by atoms with E-state index in [1.165, 1.54) is 19.4 Å². The third-order valence-electron chi connectivity index (χ3n) is 3.90. The van der Waals surface area contributed by atoms with Crippen molar-refractivity contribution < 1.29 is 0 Å². The summed E-state index contributed by atoms with van der Waals surface area (Å²) in [5.74, 6) is 1.95. The number of hydrogen-bond acceptors (Lipinski definition) is 5. The Kier molecular flexibility index (Phi) is 4.78. The zero-order valence-electron chi connectivity index (χ0n) is 12.3. The van der Waals surface area contributed by atoms with Crippen molar-refractivity contribution in [1.29, 1.82) is 0 Å². The second-order valence-electron chi connectivity index (χ2n) is 5.37. The fraction of sp³-hybridized carbons (Fsp3) is 0.533. The zero-order chi connectivity index (χ0) is 14.3. The number of nitrogens with zero attached hydrogens (tertiary/aromatic N) is 5. The number of aryl methyl sites for hydroxylation is 1. The molecule has 0 radical (unpaired) electrons. The molecule has 0 saturated carbocycles. The molecule has 1 N–H and O–H groups in total. The van der Waals surface area contributed by atoms with Crippen LogP contribution in [0.3, 0.4) is 0 Å². The molecule has 3 heterocycles. The molecule has 6 heteroatoms. The van der Waals surface area contributed by atoms with Crippen LogP contribution in [0.1, 0.15) is 18.7 Å². The maximum Gasteiger partial charge on any atom is 0.225 e. The fourth-order valence-electron chi connectivity index (χ4n) is 2.69. The van der Waals surface area contributed by atoms with Crippen molar-refractivity contribution in [2.24, 2.45) is 0 Å². The van der Waals surface area contributed by atoms with Crippen molar-refractivity contribution in [3.8, 4) is 0 Å². The van der Waals surface area contributed by atoms with Crippen LogP contribution < -0.4 is 4.90 Å². The molecule has 0 spiro atoms. The smallest absolute Gasteiger partial charge is 0.225 e. The molecule has 3 rings (SSSR count). The molecule has 1 saturated heterocycles. The molecule has 6 nitrogen and oxygen atoms in total. The Morgan fingerprint density at radius 2 is 1.76 bits per heavy atom. The Bertz CT molecular complexity index is 504. The first-order valence-corrected chi connectivity index (χ1v) is 7.64. The first-order chi connectivity index (χ1) is 10.4. The van der Waals surface area contributed by atoms with Crippen molar-refractivity contribution in [2.75, 3.05) is 37.6 Å². The fourth-order valence-corrected chi connectivity index (χ4v) is 2.69. The minimum Gasteiger partial charge on any atom is -0.349 e. The minimum atomic E-state index is 0.856. The Balaban J connectivity index is 1.34. The lowest BCUT2D eigenvalue weighted by Crippen LogP contribution is -2.47. The van der Waals surface area contributed by atoms with Crippen molar-refractivity contribution in [3.05, 3.63) is 36.7 Å². The van der Waals surface area contributed by atoms with E-state index in [-0.39, 0.29) is 0 Å². The SMILES string of the molecule is c1cnc(N2CCN(CCCCc3ncc[nH]3)CC2)nc1. The molecule has 0 bridgehead atoms. The molecule has 0 atom stereocenters. The van der Waals surface area contributed by atoms with Gasteiger partial charge in [-0.05, 0) is 25.5 Å². The Labute approximate surface area is 125 Å². The first-order valence-electron chi connectivity index (χ1n) is 7.64. The van der Waals surface area contributed by atoms with Crippen molar-refractivity contribution >= 4 is 5.95 Å². The highest BCUT2D eigenvalue weighted by molar-refractivity contribution is 5.29. The van der Waals surface area contributed by atoms with Crippen LogP contribution in [0.2, 0.25) is 0 Å². The number of hydrogen-bond donors (Lipinski definition) is 1. The van der Waals surface area contributed by atoms with Gasteiger partial charge in [-0.25, -0.2) is 15.0 Å². The summed E-state index contributed by atoms with van der Waals surface area (Å²) in [6, 6.07) is 1.86. The van der Waals surface area contributed by atoms with E-state index in [1.807, 2.05) is 30.9 Å². The summed E-state index contributed by atoms with van der Waals surface area (Å²) in [5, 5.41) is 0. The van der Waals surface area contributed by atoms with Crippen molar-refractivity contribution in [2.45, 2.75) is 19.3 Å². The van der Waals surface area contributed by atoms with E-state index in [2.05, 4.69) is 29.7 Å². The van der Waals surface area contributed by atoms with Crippen molar-refractivity contribution in [3.63, 3.8) is 0 Å². The van der Waals surface area contributed by atoms with Crippen LogP contribution in [0.4, 0.5) is 5.95 Å². The number of imidazole rings is 1. The maximum atomic E-state index is 4.32. The second-order valence-corrected chi connectivity index (χ2v) is 5.37. The summed E-state index contributed by atoms with van der Waals surface area (Å²) >= 11 is 0. The molecule has 1 aliphatic heterocycles. The van der Waals surface area contributed by atoms with Crippen LogP contribution in [-0.4, -0.2) is 57.6 Å². The van der Waals surface area contributed by atoms with Crippen LogP contribution in [0.5, 0.6) is 0 Å². The van der Waals surface area contributed by atoms with Gasteiger partial charge in [0.2, 0.25) is 5.95 Å². The lowest BCUT2D eigenvalue weighted by Gasteiger charge is -2.34. The van der Waals surface area contributed by atoms with Gasteiger partial charge in [-0.1, -0.05) is 0 Å². The molecular weight excluding hydrogens is 264 g/mol. The maximum absolute atomic E-state index is 4.32. The Hall–Kier alpha value is -1.95. The standard InChI is InChI=1S/C15H22N6/c1(4-14-16-7-8-17-14)2-9-20-10-12-21(13-11-20)15-18-5-3-6-19-15/h3,5-8H,1-2,4,9-13H2,(H,16,17). The molecule has 2 aromatic heterocycles. The van der Waals surface area contributed by atoms with E-state index >= 15 is 0 Å². The summed E-state index contributed by atoms with van der Waals surface area (Å²) in [6.45, 7) is 5.40. The molecule has 0 aromatic carbocycles. The largest absolute Gasteiger partial charge is 0.349 e. The molecule has 0 amide bonds.